The van der Waals surface area contributed by atoms with Gasteiger partial charge in [0, 0.05) is 6.42 Å². The molecule has 0 spiro atoms. The minimum Gasteiger partial charge on any atom is -0.285 e. The molecule has 72 valence electrons. The van der Waals surface area contributed by atoms with Gasteiger partial charge in [-0.2, -0.15) is 0 Å². The number of aromatic amines is 2. The molecule has 0 aliphatic carbocycles. The summed E-state index contributed by atoms with van der Waals surface area (Å²) in [5, 5.41) is 5.73. The molecule has 2 rings (SSSR count). The highest BCUT2D eigenvalue weighted by molar-refractivity contribution is 7.71. The Morgan fingerprint density at radius 3 is 2.71 bits per heavy atom. The summed E-state index contributed by atoms with van der Waals surface area (Å²) in [6, 6.07) is 8.26. The molecule has 0 fully saturated rings. The molecule has 0 aliphatic rings. The molecule has 1 aromatic carbocycles. The molecule has 0 unspecified atom stereocenters. The second-order valence-corrected chi connectivity index (χ2v) is 3.60. The summed E-state index contributed by atoms with van der Waals surface area (Å²) in [4.78, 5) is 4.15. The standard InChI is InChI=1S/C10H11N3S/c1-7-4-2-3-5-8(7)6-9-11-10(14)13-12-9/h2-5H,6H2,1H3,(H2,11,12,13,14). The molecule has 0 bridgehead atoms. The first-order valence-corrected chi connectivity index (χ1v) is 4.84. The molecule has 0 saturated carbocycles. The average molecular weight is 205 g/mol. The van der Waals surface area contributed by atoms with Gasteiger partial charge >= 0.3 is 0 Å². The molecule has 2 aromatic rings. The van der Waals surface area contributed by atoms with Gasteiger partial charge in [0.15, 0.2) is 0 Å². The molecule has 0 aliphatic heterocycles. The Morgan fingerprint density at radius 2 is 2.07 bits per heavy atom. The maximum atomic E-state index is 4.88. The SMILES string of the molecule is Cc1ccccc1Cc1nc(=S)[nH][nH]1. The van der Waals surface area contributed by atoms with Gasteiger partial charge in [-0.15, -0.1) is 0 Å². The number of hydrogen-bond donors (Lipinski definition) is 2. The van der Waals surface area contributed by atoms with E-state index in [2.05, 4.69) is 34.2 Å². The van der Waals surface area contributed by atoms with E-state index in [1.807, 2.05) is 12.1 Å². The monoisotopic (exact) mass is 205 g/mol. The van der Waals surface area contributed by atoms with Gasteiger partial charge in [-0.1, -0.05) is 24.3 Å². The van der Waals surface area contributed by atoms with Crippen LogP contribution in [0.2, 0.25) is 0 Å². The van der Waals surface area contributed by atoms with Crippen molar-refractivity contribution in [3.05, 3.63) is 46.0 Å². The summed E-state index contributed by atoms with van der Waals surface area (Å²) in [7, 11) is 0. The fraction of sp³-hybridized carbons (Fsp3) is 0.200. The van der Waals surface area contributed by atoms with Crippen molar-refractivity contribution in [3.8, 4) is 0 Å². The second kappa shape index (κ2) is 3.75. The Bertz CT molecular complexity index is 484. The topological polar surface area (TPSA) is 44.5 Å². The van der Waals surface area contributed by atoms with Crippen LogP contribution in [0.5, 0.6) is 0 Å². The zero-order chi connectivity index (χ0) is 9.97. The van der Waals surface area contributed by atoms with Crippen LogP contribution in [0, 0.1) is 11.7 Å². The highest BCUT2D eigenvalue weighted by Gasteiger charge is 2.01. The van der Waals surface area contributed by atoms with Crippen LogP contribution < -0.4 is 0 Å². The molecule has 1 aromatic heterocycles. The number of nitrogens with zero attached hydrogens (tertiary/aromatic N) is 1. The van der Waals surface area contributed by atoms with Crippen LogP contribution in [-0.4, -0.2) is 15.2 Å². The lowest BCUT2D eigenvalue weighted by atomic mass is 10.1. The Labute approximate surface area is 87.2 Å². The van der Waals surface area contributed by atoms with E-state index in [1.165, 1.54) is 11.1 Å². The first-order valence-electron chi connectivity index (χ1n) is 4.44. The number of benzene rings is 1. The van der Waals surface area contributed by atoms with E-state index < -0.39 is 0 Å². The zero-order valence-electron chi connectivity index (χ0n) is 7.87. The lowest BCUT2D eigenvalue weighted by molar-refractivity contribution is 0.965. The molecule has 14 heavy (non-hydrogen) atoms. The normalized spacial score (nSPS) is 10.4. The van der Waals surface area contributed by atoms with Gasteiger partial charge in [0.1, 0.15) is 5.82 Å². The van der Waals surface area contributed by atoms with Gasteiger partial charge in [0.05, 0.1) is 0 Å². The minimum absolute atomic E-state index is 0.508. The highest BCUT2D eigenvalue weighted by Crippen LogP contribution is 2.10. The summed E-state index contributed by atoms with van der Waals surface area (Å²) in [6.07, 6.45) is 0.791. The lowest BCUT2D eigenvalue weighted by Crippen LogP contribution is -1.93. The van der Waals surface area contributed by atoms with Gasteiger partial charge in [-0.3, -0.25) is 10.2 Å². The third kappa shape index (κ3) is 1.90. The van der Waals surface area contributed by atoms with E-state index in [0.717, 1.165) is 12.2 Å². The molecule has 0 atom stereocenters. The van der Waals surface area contributed by atoms with Crippen LogP contribution in [0.1, 0.15) is 17.0 Å². The van der Waals surface area contributed by atoms with Crippen molar-refractivity contribution >= 4 is 12.2 Å². The number of H-pyrrole nitrogens is 2. The quantitative estimate of drug-likeness (QED) is 0.739. The number of rotatable bonds is 2. The molecule has 2 N–H and O–H groups in total. The van der Waals surface area contributed by atoms with Gasteiger partial charge in [-0.05, 0) is 30.3 Å². The maximum Gasteiger partial charge on any atom is 0.213 e. The summed E-state index contributed by atoms with van der Waals surface area (Å²) in [6.45, 7) is 2.09. The van der Waals surface area contributed by atoms with E-state index >= 15 is 0 Å². The van der Waals surface area contributed by atoms with Gasteiger partial charge < -0.3 is 0 Å². The Morgan fingerprint density at radius 1 is 1.29 bits per heavy atom. The van der Waals surface area contributed by atoms with Crippen LogP contribution in [-0.2, 0) is 6.42 Å². The van der Waals surface area contributed by atoms with Gasteiger partial charge in [-0.25, -0.2) is 4.98 Å². The first kappa shape index (κ1) is 9.15. The van der Waals surface area contributed by atoms with Crippen molar-refractivity contribution in [2.45, 2.75) is 13.3 Å². The second-order valence-electron chi connectivity index (χ2n) is 3.22. The largest absolute Gasteiger partial charge is 0.285 e. The molecule has 1 heterocycles. The zero-order valence-corrected chi connectivity index (χ0v) is 8.69. The van der Waals surface area contributed by atoms with Gasteiger partial charge in [0.25, 0.3) is 0 Å². The molecule has 0 radical (unpaired) electrons. The van der Waals surface area contributed by atoms with Crippen molar-refractivity contribution in [1.29, 1.82) is 0 Å². The summed E-state index contributed by atoms with van der Waals surface area (Å²) in [5.74, 6) is 0.879. The van der Waals surface area contributed by atoms with E-state index in [0.29, 0.717) is 4.77 Å². The van der Waals surface area contributed by atoms with Crippen molar-refractivity contribution < 1.29 is 0 Å². The van der Waals surface area contributed by atoms with Crippen LogP contribution in [0.15, 0.2) is 24.3 Å². The number of aromatic nitrogens is 3. The Balaban J connectivity index is 2.27. The van der Waals surface area contributed by atoms with Crippen molar-refractivity contribution in [3.63, 3.8) is 0 Å². The third-order valence-electron chi connectivity index (χ3n) is 2.17. The van der Waals surface area contributed by atoms with Crippen molar-refractivity contribution in [1.82, 2.24) is 15.2 Å². The number of nitrogens with one attached hydrogen (secondary N) is 2. The van der Waals surface area contributed by atoms with Crippen LogP contribution in [0.4, 0.5) is 0 Å². The number of hydrogen-bond acceptors (Lipinski definition) is 2. The third-order valence-corrected chi connectivity index (χ3v) is 2.36. The number of aryl methyl sites for hydroxylation is 1. The molecule has 0 saturated heterocycles. The van der Waals surface area contributed by atoms with Crippen LogP contribution >= 0.6 is 12.2 Å². The smallest absolute Gasteiger partial charge is 0.213 e. The van der Waals surface area contributed by atoms with Crippen LogP contribution in [0.3, 0.4) is 0 Å². The summed E-state index contributed by atoms with van der Waals surface area (Å²) in [5.41, 5.74) is 2.54. The van der Waals surface area contributed by atoms with E-state index in [4.69, 9.17) is 12.2 Å². The Kier molecular flexibility index (Phi) is 2.45. The fourth-order valence-corrected chi connectivity index (χ4v) is 1.54. The molecule has 3 nitrogen and oxygen atoms in total. The van der Waals surface area contributed by atoms with Crippen LogP contribution in [0.25, 0.3) is 0 Å². The molecule has 0 amide bonds. The predicted octanol–water partition coefficient (Wildman–Crippen LogP) is 2.37. The fourth-order valence-electron chi connectivity index (χ4n) is 1.38. The predicted molar refractivity (Wildman–Crippen MR) is 57.8 cm³/mol. The Hall–Kier alpha value is -1.42. The maximum absolute atomic E-state index is 4.88. The van der Waals surface area contributed by atoms with Gasteiger partial charge in [0.2, 0.25) is 4.77 Å². The summed E-state index contributed by atoms with van der Waals surface area (Å²) < 4.78 is 0.508. The lowest BCUT2D eigenvalue weighted by Gasteiger charge is -2.01. The first-order chi connectivity index (χ1) is 6.75. The minimum atomic E-state index is 0.508. The molecular weight excluding hydrogens is 194 g/mol. The van der Waals surface area contributed by atoms with Crippen molar-refractivity contribution in [2.24, 2.45) is 0 Å². The molecule has 4 heteroatoms. The van der Waals surface area contributed by atoms with E-state index in [-0.39, 0.29) is 0 Å². The highest BCUT2D eigenvalue weighted by atomic mass is 32.1. The average Bonchev–Trinajstić information content (AvgIpc) is 2.56. The molecular formula is C10H11N3S. The van der Waals surface area contributed by atoms with E-state index in [1.54, 1.807) is 0 Å². The summed E-state index contributed by atoms with van der Waals surface area (Å²) >= 11 is 4.88. The van der Waals surface area contributed by atoms with Crippen molar-refractivity contribution in [2.75, 3.05) is 0 Å². The van der Waals surface area contributed by atoms with E-state index in [9.17, 15) is 0 Å².